The van der Waals surface area contributed by atoms with E-state index in [-0.39, 0.29) is 6.03 Å². The third-order valence-corrected chi connectivity index (χ3v) is 3.63. The van der Waals surface area contributed by atoms with E-state index in [4.69, 9.17) is 0 Å². The number of nitroso groups, excluding NO2 is 1. The molecule has 1 N–H and O–H groups in total. The van der Waals surface area contributed by atoms with E-state index in [9.17, 15) is 9.70 Å². The van der Waals surface area contributed by atoms with Crippen LogP contribution in [0, 0.1) is 4.91 Å². The molecule has 3 rings (SSSR count). The van der Waals surface area contributed by atoms with Gasteiger partial charge in [0.25, 0.3) is 0 Å². The largest absolute Gasteiger partial charge is 0.328 e. The number of anilines is 1. The van der Waals surface area contributed by atoms with Crippen molar-refractivity contribution >= 4 is 17.4 Å². The molecule has 6 nitrogen and oxygen atoms in total. The predicted octanol–water partition coefficient (Wildman–Crippen LogP) is 2.20. The molecular weight excluding hydrogens is 256 g/mol. The summed E-state index contributed by atoms with van der Waals surface area (Å²) in [6, 6.07) is 6.75. The molecular formula is C14H16N4O2. The summed E-state index contributed by atoms with van der Waals surface area (Å²) in [6.07, 6.45) is 3.08. The molecule has 2 aliphatic rings. The van der Waals surface area contributed by atoms with Crippen molar-refractivity contribution in [1.29, 1.82) is 0 Å². The molecule has 20 heavy (non-hydrogen) atoms. The van der Waals surface area contributed by atoms with E-state index in [2.05, 4.69) is 16.6 Å². The normalized spacial score (nSPS) is 19.2. The summed E-state index contributed by atoms with van der Waals surface area (Å²) in [4.78, 5) is 26.4. The summed E-state index contributed by atoms with van der Waals surface area (Å²) in [5.41, 5.74) is 2.22. The van der Waals surface area contributed by atoms with Crippen LogP contribution in [0.4, 0.5) is 16.2 Å². The zero-order chi connectivity index (χ0) is 13.9. The third-order valence-electron chi connectivity index (χ3n) is 3.63. The van der Waals surface area contributed by atoms with Crippen molar-refractivity contribution in [2.24, 2.45) is 5.18 Å². The Bertz CT molecular complexity index is 553. The van der Waals surface area contributed by atoms with E-state index in [1.54, 1.807) is 29.2 Å². The van der Waals surface area contributed by atoms with Crippen LogP contribution in [0.5, 0.6) is 0 Å². The highest BCUT2D eigenvalue weighted by atomic mass is 16.3. The van der Waals surface area contributed by atoms with E-state index < -0.39 is 0 Å². The van der Waals surface area contributed by atoms with Crippen LogP contribution in [0.1, 0.15) is 6.42 Å². The number of benzene rings is 1. The summed E-state index contributed by atoms with van der Waals surface area (Å²) in [5.74, 6) is 0. The number of hydrogen-bond donors (Lipinski definition) is 1. The molecule has 0 radical (unpaired) electrons. The zero-order valence-corrected chi connectivity index (χ0v) is 11.1. The van der Waals surface area contributed by atoms with Gasteiger partial charge in [0, 0.05) is 31.0 Å². The van der Waals surface area contributed by atoms with Crippen LogP contribution in [0.3, 0.4) is 0 Å². The molecule has 104 valence electrons. The Balaban J connectivity index is 1.77. The van der Waals surface area contributed by atoms with Gasteiger partial charge in [-0.25, -0.2) is 4.79 Å². The topological polar surface area (TPSA) is 65.0 Å². The lowest BCUT2D eigenvalue weighted by Crippen LogP contribution is -2.36. The van der Waals surface area contributed by atoms with E-state index in [1.807, 2.05) is 4.90 Å². The van der Waals surface area contributed by atoms with Crippen LogP contribution in [0.25, 0.3) is 0 Å². The fourth-order valence-corrected chi connectivity index (χ4v) is 2.57. The van der Waals surface area contributed by atoms with Gasteiger partial charge >= 0.3 is 6.03 Å². The van der Waals surface area contributed by atoms with Gasteiger partial charge in [-0.05, 0) is 42.4 Å². The van der Waals surface area contributed by atoms with Crippen LogP contribution >= 0.6 is 0 Å². The first kappa shape index (κ1) is 12.8. The van der Waals surface area contributed by atoms with Gasteiger partial charge in [-0.2, -0.15) is 0 Å². The Labute approximate surface area is 117 Å². The second-order valence-corrected chi connectivity index (χ2v) is 4.85. The lowest BCUT2D eigenvalue weighted by Gasteiger charge is -2.24. The molecule has 0 saturated carbocycles. The fraction of sp³-hybridized carbons (Fsp3) is 0.357. The van der Waals surface area contributed by atoms with E-state index in [0.717, 1.165) is 30.9 Å². The monoisotopic (exact) mass is 272 g/mol. The number of carbonyl (C=O) groups is 1. The van der Waals surface area contributed by atoms with Crippen LogP contribution in [0.2, 0.25) is 0 Å². The molecule has 6 heteroatoms. The number of carbonyl (C=O) groups excluding carboxylic acids is 1. The maximum atomic E-state index is 12.5. The molecule has 0 spiro atoms. The first-order valence-electron chi connectivity index (χ1n) is 6.72. The van der Waals surface area contributed by atoms with Crippen molar-refractivity contribution in [3.05, 3.63) is 40.9 Å². The quantitative estimate of drug-likeness (QED) is 0.858. The highest BCUT2D eigenvalue weighted by Crippen LogP contribution is 2.25. The van der Waals surface area contributed by atoms with Crippen LogP contribution in [-0.2, 0) is 0 Å². The van der Waals surface area contributed by atoms with Gasteiger partial charge in [0.1, 0.15) is 5.69 Å². The molecule has 1 aromatic rings. The van der Waals surface area contributed by atoms with Gasteiger partial charge in [0.05, 0.1) is 0 Å². The minimum absolute atomic E-state index is 0.00763. The zero-order valence-electron chi connectivity index (χ0n) is 11.1. The number of amides is 2. The van der Waals surface area contributed by atoms with Gasteiger partial charge in [-0.15, -0.1) is 4.91 Å². The third kappa shape index (κ3) is 2.30. The maximum Gasteiger partial charge on any atom is 0.328 e. The molecule has 0 aliphatic carbocycles. The second-order valence-electron chi connectivity index (χ2n) is 4.85. The van der Waals surface area contributed by atoms with Crippen LogP contribution < -0.4 is 10.2 Å². The summed E-state index contributed by atoms with van der Waals surface area (Å²) in [7, 11) is 0. The van der Waals surface area contributed by atoms with Gasteiger partial charge in [-0.3, -0.25) is 9.80 Å². The summed E-state index contributed by atoms with van der Waals surface area (Å²) in [6.45, 7) is 3.06. The Morgan fingerprint density at radius 1 is 1.10 bits per heavy atom. The van der Waals surface area contributed by atoms with Gasteiger partial charge in [0.2, 0.25) is 0 Å². The number of nitrogens with one attached hydrogen (secondary N) is 1. The lowest BCUT2D eigenvalue weighted by atomic mass is 10.2. The van der Waals surface area contributed by atoms with Crippen LogP contribution in [-0.4, -0.2) is 37.1 Å². The minimum atomic E-state index is -0.00763. The van der Waals surface area contributed by atoms with Crippen LogP contribution in [0.15, 0.2) is 41.2 Å². The Morgan fingerprint density at radius 3 is 2.50 bits per heavy atom. The van der Waals surface area contributed by atoms with E-state index in [0.29, 0.717) is 18.8 Å². The summed E-state index contributed by atoms with van der Waals surface area (Å²) < 4.78 is 0. The molecule has 0 atom stereocenters. The average Bonchev–Trinajstić information content (AvgIpc) is 2.90. The highest BCUT2D eigenvalue weighted by molar-refractivity contribution is 5.95. The first-order valence-corrected chi connectivity index (χ1v) is 6.72. The minimum Gasteiger partial charge on any atom is -0.311 e. The average molecular weight is 272 g/mol. The maximum absolute atomic E-state index is 12.5. The molecule has 2 heterocycles. The van der Waals surface area contributed by atoms with E-state index >= 15 is 0 Å². The molecule has 2 amide bonds. The molecule has 0 aromatic heterocycles. The number of rotatable bonds is 3. The molecule has 1 aromatic carbocycles. The van der Waals surface area contributed by atoms with Crippen molar-refractivity contribution in [3.63, 3.8) is 0 Å². The standard InChI is InChI=1S/C14H16N4O2/c19-14-17(12-5-3-11(16-20)4-6-12)8-9-18(14)13-2-1-7-15-10-13/h2-6,15H,1,7-10H2. The van der Waals surface area contributed by atoms with Gasteiger partial charge in [0.15, 0.2) is 0 Å². The molecule has 0 unspecified atom stereocenters. The molecule has 1 fully saturated rings. The smallest absolute Gasteiger partial charge is 0.311 e. The Hall–Kier alpha value is -2.21. The summed E-state index contributed by atoms with van der Waals surface area (Å²) in [5, 5.41) is 6.14. The second kappa shape index (κ2) is 5.42. The van der Waals surface area contributed by atoms with Crippen molar-refractivity contribution in [2.45, 2.75) is 6.42 Å². The van der Waals surface area contributed by atoms with Crippen molar-refractivity contribution in [1.82, 2.24) is 10.2 Å². The van der Waals surface area contributed by atoms with Crippen molar-refractivity contribution in [2.75, 3.05) is 31.1 Å². The predicted molar refractivity (Wildman–Crippen MR) is 76.9 cm³/mol. The highest BCUT2D eigenvalue weighted by Gasteiger charge is 2.31. The molecule has 0 bridgehead atoms. The lowest BCUT2D eigenvalue weighted by molar-refractivity contribution is 0.229. The first-order chi connectivity index (χ1) is 9.79. The van der Waals surface area contributed by atoms with Crippen molar-refractivity contribution in [3.8, 4) is 0 Å². The Kier molecular flexibility index (Phi) is 3.47. The number of urea groups is 1. The van der Waals surface area contributed by atoms with E-state index in [1.165, 1.54) is 0 Å². The summed E-state index contributed by atoms with van der Waals surface area (Å²) >= 11 is 0. The van der Waals surface area contributed by atoms with Gasteiger partial charge < -0.3 is 5.32 Å². The van der Waals surface area contributed by atoms with Crippen molar-refractivity contribution < 1.29 is 4.79 Å². The fourth-order valence-electron chi connectivity index (χ4n) is 2.57. The Morgan fingerprint density at radius 2 is 1.85 bits per heavy atom. The number of hydrogen-bond acceptors (Lipinski definition) is 4. The molecule has 1 saturated heterocycles. The molecule has 2 aliphatic heterocycles. The SMILES string of the molecule is O=Nc1ccc(N2CCN(C3=CCCNC3)C2=O)cc1. The number of nitrogens with zero attached hydrogens (tertiary/aromatic N) is 3. The van der Waals surface area contributed by atoms with Gasteiger partial charge in [-0.1, -0.05) is 6.08 Å².